The Bertz CT molecular complexity index is 1660. The molecule has 0 radical (unpaired) electrons. The van der Waals surface area contributed by atoms with Crippen molar-refractivity contribution in [2.75, 3.05) is 13.7 Å². The summed E-state index contributed by atoms with van der Waals surface area (Å²) in [6.45, 7) is 6.39. The van der Waals surface area contributed by atoms with Crippen LogP contribution in [0.25, 0.3) is 0 Å². The zero-order valence-electron chi connectivity index (χ0n) is 29.7. The summed E-state index contributed by atoms with van der Waals surface area (Å²) in [4.78, 5) is 2.47. The third kappa shape index (κ3) is 8.85. The predicted molar refractivity (Wildman–Crippen MR) is 194 cm³/mol. The van der Waals surface area contributed by atoms with Gasteiger partial charge in [0.25, 0.3) is 0 Å². The molecular formula is C43H49NO7. The quantitative estimate of drug-likeness (QED) is 0.123. The molecule has 4 aromatic carbocycles. The molecule has 0 N–H and O–H groups in total. The Morgan fingerprint density at radius 1 is 0.627 bits per heavy atom. The highest BCUT2D eigenvalue weighted by Crippen LogP contribution is 2.40. The molecule has 8 atom stereocenters. The first kappa shape index (κ1) is 35.7. The summed E-state index contributed by atoms with van der Waals surface area (Å²) in [5.41, 5.74) is 4.53. The van der Waals surface area contributed by atoms with Crippen molar-refractivity contribution in [2.24, 2.45) is 0 Å². The fraction of sp³-hybridized carbons (Fsp3) is 0.395. The summed E-state index contributed by atoms with van der Waals surface area (Å²) < 4.78 is 45.0. The van der Waals surface area contributed by atoms with E-state index in [1.807, 2.05) is 74.5 Å². The number of methoxy groups -OCH3 is 1. The van der Waals surface area contributed by atoms with Crippen LogP contribution < -0.4 is 0 Å². The minimum Gasteiger partial charge on any atom is -0.375 e. The third-order valence-corrected chi connectivity index (χ3v) is 9.80. The highest BCUT2D eigenvalue weighted by molar-refractivity contribution is 5.21. The Balaban J connectivity index is 1.23. The molecule has 3 aliphatic rings. The van der Waals surface area contributed by atoms with Crippen LogP contribution in [0.4, 0.5) is 0 Å². The van der Waals surface area contributed by atoms with Crippen LogP contribution in [0.5, 0.6) is 0 Å². The maximum atomic E-state index is 6.95. The Morgan fingerprint density at radius 2 is 1.14 bits per heavy atom. The van der Waals surface area contributed by atoms with E-state index in [0.717, 1.165) is 16.7 Å². The van der Waals surface area contributed by atoms with Gasteiger partial charge in [-0.1, -0.05) is 133 Å². The van der Waals surface area contributed by atoms with E-state index in [4.69, 9.17) is 33.2 Å². The van der Waals surface area contributed by atoms with Crippen molar-refractivity contribution in [3.05, 3.63) is 156 Å². The molecule has 8 nitrogen and oxygen atoms in total. The van der Waals surface area contributed by atoms with Gasteiger partial charge in [-0.25, -0.2) is 0 Å². The zero-order chi connectivity index (χ0) is 35.0. The lowest BCUT2D eigenvalue weighted by molar-refractivity contribution is -0.221. The molecule has 0 spiro atoms. The van der Waals surface area contributed by atoms with Crippen molar-refractivity contribution in [3.63, 3.8) is 0 Å². The monoisotopic (exact) mass is 691 g/mol. The Labute approximate surface area is 301 Å². The summed E-state index contributed by atoms with van der Waals surface area (Å²) in [6.07, 6.45) is 2.16. The van der Waals surface area contributed by atoms with Gasteiger partial charge in [0.2, 0.25) is 0 Å². The standard InChI is InChI=1S/C43H49NO7/c1-43(2)50-40-37(49-42(45-3)41(40)51-43)25-24-35-38(47-28-33-20-12-6-13-21-33)39(48-29-34-22-14-7-15-23-34)36(30-46-27-32-18-10-5-11-19-32)44(35)26-31-16-8-4-9-17-31/h4-25,35-42H,26-30H2,1-3H3/b25-24-/t35-,36+,37+,38-,39-,40-,41-,42-/m1/s1. The third-order valence-electron chi connectivity index (χ3n) is 9.80. The summed E-state index contributed by atoms with van der Waals surface area (Å²) in [5, 5.41) is 0. The van der Waals surface area contributed by atoms with Crippen LogP contribution in [0.15, 0.2) is 133 Å². The van der Waals surface area contributed by atoms with Gasteiger partial charge < -0.3 is 33.2 Å². The van der Waals surface area contributed by atoms with Crippen LogP contribution in [-0.4, -0.2) is 73.3 Å². The first-order chi connectivity index (χ1) is 25.0. The van der Waals surface area contributed by atoms with Gasteiger partial charge in [0.15, 0.2) is 12.1 Å². The van der Waals surface area contributed by atoms with Crippen molar-refractivity contribution in [3.8, 4) is 0 Å². The molecule has 3 heterocycles. The Kier molecular flexibility index (Phi) is 11.7. The zero-order valence-corrected chi connectivity index (χ0v) is 29.7. The maximum absolute atomic E-state index is 6.95. The minimum atomic E-state index is -0.729. The van der Waals surface area contributed by atoms with Crippen LogP contribution >= 0.6 is 0 Å². The molecule has 0 amide bonds. The molecule has 3 fully saturated rings. The molecule has 8 heteroatoms. The minimum absolute atomic E-state index is 0.123. The van der Waals surface area contributed by atoms with E-state index < -0.39 is 12.1 Å². The smallest absolute Gasteiger partial charge is 0.187 e. The van der Waals surface area contributed by atoms with Gasteiger partial charge in [-0.3, -0.25) is 4.90 Å². The largest absolute Gasteiger partial charge is 0.375 e. The molecule has 0 bridgehead atoms. The normalized spacial score (nSPS) is 28.8. The Morgan fingerprint density at radius 3 is 1.71 bits per heavy atom. The van der Waals surface area contributed by atoms with Gasteiger partial charge in [-0.2, -0.15) is 0 Å². The fourth-order valence-electron chi connectivity index (χ4n) is 7.40. The van der Waals surface area contributed by atoms with E-state index >= 15 is 0 Å². The predicted octanol–water partition coefficient (Wildman–Crippen LogP) is 7.07. The lowest BCUT2D eigenvalue weighted by Crippen LogP contribution is -2.42. The van der Waals surface area contributed by atoms with Crippen LogP contribution in [0.1, 0.15) is 36.1 Å². The lowest BCUT2D eigenvalue weighted by atomic mass is 10.0. The highest BCUT2D eigenvalue weighted by atomic mass is 16.8. The first-order valence-corrected chi connectivity index (χ1v) is 17.9. The number of hydrogen-bond acceptors (Lipinski definition) is 8. The highest BCUT2D eigenvalue weighted by Gasteiger charge is 2.55. The van der Waals surface area contributed by atoms with E-state index in [0.29, 0.717) is 33.0 Å². The molecule has 268 valence electrons. The van der Waals surface area contributed by atoms with E-state index in [2.05, 4.69) is 77.7 Å². The second-order valence-corrected chi connectivity index (χ2v) is 13.9. The lowest BCUT2D eigenvalue weighted by Gasteiger charge is -2.30. The van der Waals surface area contributed by atoms with Gasteiger partial charge >= 0.3 is 0 Å². The molecule has 4 aromatic rings. The van der Waals surface area contributed by atoms with Crippen molar-refractivity contribution in [1.29, 1.82) is 0 Å². The summed E-state index contributed by atoms with van der Waals surface area (Å²) in [6, 6.07) is 41.1. The van der Waals surface area contributed by atoms with E-state index in [9.17, 15) is 0 Å². The molecule has 3 aliphatic heterocycles. The van der Waals surface area contributed by atoms with Gasteiger partial charge in [-0.05, 0) is 36.1 Å². The average molecular weight is 692 g/mol. The molecule has 0 aliphatic carbocycles. The molecule has 0 saturated carbocycles. The number of fused-ring (bicyclic) bond motifs is 1. The number of rotatable bonds is 15. The molecule has 3 saturated heterocycles. The fourth-order valence-corrected chi connectivity index (χ4v) is 7.40. The summed E-state index contributed by atoms with van der Waals surface area (Å²) >= 11 is 0. The second-order valence-electron chi connectivity index (χ2n) is 13.9. The van der Waals surface area contributed by atoms with Crippen molar-refractivity contribution in [2.45, 2.75) is 94.9 Å². The van der Waals surface area contributed by atoms with Crippen LogP contribution in [0.2, 0.25) is 0 Å². The molecular weight excluding hydrogens is 642 g/mol. The number of nitrogens with zero attached hydrogens (tertiary/aromatic N) is 1. The summed E-state index contributed by atoms with van der Waals surface area (Å²) in [7, 11) is 1.64. The van der Waals surface area contributed by atoms with Crippen molar-refractivity contribution >= 4 is 0 Å². The molecule has 51 heavy (non-hydrogen) atoms. The number of benzene rings is 4. The van der Waals surface area contributed by atoms with Gasteiger partial charge in [0.05, 0.1) is 38.5 Å². The van der Waals surface area contributed by atoms with Crippen LogP contribution in [0.3, 0.4) is 0 Å². The van der Waals surface area contributed by atoms with E-state index in [1.54, 1.807) is 7.11 Å². The topological polar surface area (TPSA) is 67.9 Å². The van der Waals surface area contributed by atoms with E-state index in [-0.39, 0.29) is 42.6 Å². The van der Waals surface area contributed by atoms with E-state index in [1.165, 1.54) is 5.56 Å². The number of hydrogen-bond donors (Lipinski definition) is 0. The van der Waals surface area contributed by atoms with Gasteiger partial charge in [0.1, 0.15) is 30.5 Å². The second kappa shape index (κ2) is 16.8. The van der Waals surface area contributed by atoms with Gasteiger partial charge in [-0.15, -0.1) is 0 Å². The maximum Gasteiger partial charge on any atom is 0.187 e. The average Bonchev–Trinajstić information content (AvgIpc) is 3.75. The molecule has 7 rings (SSSR count). The summed E-state index contributed by atoms with van der Waals surface area (Å²) in [5.74, 6) is -0.729. The van der Waals surface area contributed by atoms with Gasteiger partial charge in [0, 0.05) is 13.7 Å². The van der Waals surface area contributed by atoms with Crippen LogP contribution in [-0.2, 0) is 59.5 Å². The Hall–Kier alpha value is -3.70. The number of likely N-dealkylation sites (tertiary alicyclic amines) is 1. The van der Waals surface area contributed by atoms with Crippen LogP contribution in [0, 0.1) is 0 Å². The molecule has 0 aromatic heterocycles. The number of ether oxygens (including phenoxy) is 7. The SMILES string of the molecule is CO[C@@H]1O[C@@H](/C=C\[C@@H]2[C@@H](OCc3ccccc3)[C@H](OCc3ccccc3)[C@H](COCc3ccccc3)N2Cc2ccccc2)[C@H]2OC(C)(C)O[C@@H]12. The first-order valence-electron chi connectivity index (χ1n) is 17.9. The van der Waals surface area contributed by atoms with Crippen molar-refractivity contribution < 1.29 is 33.2 Å². The molecule has 0 unspecified atom stereocenters. The van der Waals surface area contributed by atoms with Crippen molar-refractivity contribution in [1.82, 2.24) is 4.90 Å².